The van der Waals surface area contributed by atoms with Gasteiger partial charge in [-0.15, -0.1) is 11.3 Å². The summed E-state index contributed by atoms with van der Waals surface area (Å²) >= 11 is 1.58. The normalized spacial score (nSPS) is 10.6. The largest absolute Gasteiger partial charge is 0.494 e. The molecule has 1 amide bonds. The summed E-state index contributed by atoms with van der Waals surface area (Å²) in [6.07, 6.45) is 0.319. The molecule has 2 rings (SSSR count). The fourth-order valence-electron chi connectivity index (χ4n) is 2.62. The van der Waals surface area contributed by atoms with Gasteiger partial charge in [-0.25, -0.2) is 4.39 Å². The number of hydrogen-bond acceptors (Lipinski definition) is 4. The number of carbonyl (C=O) groups is 2. The Balaban J connectivity index is 1.91. The highest BCUT2D eigenvalue weighted by molar-refractivity contribution is 7.12. The van der Waals surface area contributed by atoms with Gasteiger partial charge in [0, 0.05) is 41.8 Å². The summed E-state index contributed by atoms with van der Waals surface area (Å²) in [6, 6.07) is 6.48. The summed E-state index contributed by atoms with van der Waals surface area (Å²) in [6.45, 7) is 4.16. The number of benzene rings is 1. The Labute approximate surface area is 151 Å². The average Bonchev–Trinajstić information content (AvgIpc) is 2.91. The van der Waals surface area contributed by atoms with Crippen LogP contribution < -0.4 is 4.74 Å². The lowest BCUT2D eigenvalue weighted by molar-refractivity contribution is -0.130. The van der Waals surface area contributed by atoms with Crippen molar-refractivity contribution in [2.24, 2.45) is 0 Å². The molecule has 0 saturated carbocycles. The number of carbonyl (C=O) groups excluding carboxylic acids is 2. The number of halogens is 1. The summed E-state index contributed by atoms with van der Waals surface area (Å²) in [7, 11) is 3.05. The van der Waals surface area contributed by atoms with Crippen molar-refractivity contribution in [3.05, 3.63) is 51.0 Å². The Kier molecular flexibility index (Phi) is 6.31. The summed E-state index contributed by atoms with van der Waals surface area (Å²) < 4.78 is 18.6. The van der Waals surface area contributed by atoms with E-state index < -0.39 is 5.82 Å². The van der Waals surface area contributed by atoms with E-state index in [4.69, 9.17) is 4.74 Å². The van der Waals surface area contributed by atoms with Crippen molar-refractivity contribution in [3.63, 3.8) is 0 Å². The zero-order valence-corrected chi connectivity index (χ0v) is 15.7. The predicted octanol–water partition coefficient (Wildman–Crippen LogP) is 4.13. The van der Waals surface area contributed by atoms with Crippen molar-refractivity contribution in [2.45, 2.75) is 33.2 Å². The van der Waals surface area contributed by atoms with Crippen LogP contribution in [0.4, 0.5) is 4.39 Å². The molecule has 0 aliphatic carbocycles. The van der Waals surface area contributed by atoms with Crippen molar-refractivity contribution in [2.75, 3.05) is 14.2 Å². The summed E-state index contributed by atoms with van der Waals surface area (Å²) in [5.41, 5.74) is 1.37. The number of rotatable bonds is 7. The van der Waals surface area contributed by atoms with Crippen LogP contribution in [0.1, 0.15) is 38.5 Å². The van der Waals surface area contributed by atoms with Gasteiger partial charge in [0.1, 0.15) is 0 Å². The second-order valence-electron chi connectivity index (χ2n) is 5.97. The number of aryl methyl sites for hydroxylation is 2. The molecule has 2 aromatic rings. The van der Waals surface area contributed by atoms with Crippen LogP contribution >= 0.6 is 11.3 Å². The maximum Gasteiger partial charge on any atom is 0.223 e. The van der Waals surface area contributed by atoms with E-state index >= 15 is 0 Å². The summed E-state index contributed by atoms with van der Waals surface area (Å²) in [4.78, 5) is 28.1. The number of ketones is 1. The second-order valence-corrected chi connectivity index (χ2v) is 7.43. The summed E-state index contributed by atoms with van der Waals surface area (Å²) in [5.74, 6) is -0.447. The van der Waals surface area contributed by atoms with Crippen LogP contribution in [0.5, 0.6) is 5.75 Å². The van der Waals surface area contributed by atoms with E-state index in [1.54, 1.807) is 24.5 Å². The van der Waals surface area contributed by atoms with Gasteiger partial charge in [0.15, 0.2) is 17.3 Å². The molecular formula is C19H22FNO3S. The smallest absolute Gasteiger partial charge is 0.223 e. The third kappa shape index (κ3) is 4.89. The van der Waals surface area contributed by atoms with Crippen LogP contribution in [0.15, 0.2) is 24.3 Å². The molecule has 0 aliphatic rings. The highest BCUT2D eigenvalue weighted by Crippen LogP contribution is 2.22. The molecule has 0 radical (unpaired) electrons. The highest BCUT2D eigenvalue weighted by Gasteiger charge is 2.16. The van der Waals surface area contributed by atoms with Crippen LogP contribution in [-0.2, 0) is 11.3 Å². The number of methoxy groups -OCH3 is 1. The van der Waals surface area contributed by atoms with Crippen LogP contribution in [0.2, 0.25) is 0 Å². The quantitative estimate of drug-likeness (QED) is 0.695. The van der Waals surface area contributed by atoms with Crippen molar-refractivity contribution >= 4 is 23.0 Å². The highest BCUT2D eigenvalue weighted by atomic mass is 32.1. The van der Waals surface area contributed by atoms with Crippen LogP contribution in [0.25, 0.3) is 0 Å². The maximum absolute atomic E-state index is 13.7. The van der Waals surface area contributed by atoms with E-state index in [1.807, 2.05) is 19.9 Å². The third-order valence-electron chi connectivity index (χ3n) is 3.97. The van der Waals surface area contributed by atoms with Crippen molar-refractivity contribution in [1.82, 2.24) is 4.90 Å². The van der Waals surface area contributed by atoms with Gasteiger partial charge >= 0.3 is 0 Å². The Bertz CT molecular complexity index is 785. The van der Waals surface area contributed by atoms with E-state index in [-0.39, 0.29) is 36.8 Å². The molecule has 6 heteroatoms. The first-order chi connectivity index (χ1) is 11.8. The first-order valence-corrected chi connectivity index (χ1v) is 8.80. The van der Waals surface area contributed by atoms with Gasteiger partial charge in [-0.05, 0) is 37.6 Å². The molecule has 1 aromatic carbocycles. The second kappa shape index (κ2) is 8.25. The molecule has 0 fully saturated rings. The standard InChI is InChI=1S/C19H22FNO3S/c1-12-9-15(13(2)25-12)17(22)6-8-19(23)21(3)11-14-5-7-18(24-4)16(20)10-14/h5,7,9-10H,6,8,11H2,1-4H3. The third-order valence-corrected chi connectivity index (χ3v) is 4.93. The van der Waals surface area contributed by atoms with Gasteiger partial charge < -0.3 is 9.64 Å². The Morgan fingerprint density at radius 1 is 1.20 bits per heavy atom. The van der Waals surface area contributed by atoms with Gasteiger partial charge in [0.25, 0.3) is 0 Å². The molecule has 0 bridgehead atoms. The minimum absolute atomic E-state index is 0.0147. The molecule has 4 nitrogen and oxygen atoms in total. The predicted molar refractivity (Wildman–Crippen MR) is 96.8 cm³/mol. The van der Waals surface area contributed by atoms with Gasteiger partial charge in [0.2, 0.25) is 5.91 Å². The van der Waals surface area contributed by atoms with Crippen molar-refractivity contribution < 1.29 is 18.7 Å². The first kappa shape index (κ1) is 19.1. The van der Waals surface area contributed by atoms with Gasteiger partial charge in [-0.3, -0.25) is 9.59 Å². The topological polar surface area (TPSA) is 46.6 Å². The molecule has 1 aromatic heterocycles. The van der Waals surface area contributed by atoms with Crippen LogP contribution in [0.3, 0.4) is 0 Å². The number of thiophene rings is 1. The molecule has 134 valence electrons. The molecule has 0 unspecified atom stereocenters. The average molecular weight is 363 g/mol. The molecule has 0 atom stereocenters. The molecule has 0 saturated heterocycles. The zero-order valence-electron chi connectivity index (χ0n) is 14.9. The van der Waals surface area contributed by atoms with Crippen molar-refractivity contribution in [1.29, 1.82) is 0 Å². The lowest BCUT2D eigenvalue weighted by Gasteiger charge is -2.17. The fourth-order valence-corrected chi connectivity index (χ4v) is 3.57. The first-order valence-electron chi connectivity index (χ1n) is 7.98. The van der Waals surface area contributed by atoms with E-state index in [0.29, 0.717) is 11.1 Å². The van der Waals surface area contributed by atoms with Gasteiger partial charge in [-0.1, -0.05) is 6.07 Å². The van der Waals surface area contributed by atoms with Crippen molar-refractivity contribution in [3.8, 4) is 5.75 Å². The lowest BCUT2D eigenvalue weighted by atomic mass is 10.1. The number of nitrogens with zero attached hydrogens (tertiary/aromatic N) is 1. The van der Waals surface area contributed by atoms with E-state index in [1.165, 1.54) is 24.1 Å². The monoisotopic (exact) mass is 363 g/mol. The Morgan fingerprint density at radius 2 is 1.92 bits per heavy atom. The number of ether oxygens (including phenoxy) is 1. The lowest BCUT2D eigenvalue weighted by Crippen LogP contribution is -2.26. The minimum Gasteiger partial charge on any atom is -0.494 e. The number of hydrogen-bond donors (Lipinski definition) is 0. The van der Waals surface area contributed by atoms with Crippen LogP contribution in [0, 0.1) is 19.7 Å². The summed E-state index contributed by atoms with van der Waals surface area (Å²) in [5, 5.41) is 0. The molecule has 0 spiro atoms. The molecular weight excluding hydrogens is 341 g/mol. The zero-order chi connectivity index (χ0) is 18.6. The molecule has 1 heterocycles. The Morgan fingerprint density at radius 3 is 2.48 bits per heavy atom. The molecule has 25 heavy (non-hydrogen) atoms. The molecule has 0 aliphatic heterocycles. The molecule has 0 N–H and O–H groups in total. The van der Waals surface area contributed by atoms with Crippen LogP contribution in [-0.4, -0.2) is 30.7 Å². The van der Waals surface area contributed by atoms with E-state index in [2.05, 4.69) is 0 Å². The van der Waals surface area contributed by atoms with E-state index in [9.17, 15) is 14.0 Å². The fraction of sp³-hybridized carbons (Fsp3) is 0.368. The minimum atomic E-state index is -0.459. The number of amides is 1. The van der Waals surface area contributed by atoms with Gasteiger partial charge in [-0.2, -0.15) is 0 Å². The van der Waals surface area contributed by atoms with E-state index in [0.717, 1.165) is 9.75 Å². The number of Topliss-reactive ketones (excluding diaryl/α,β-unsaturated/α-hetero) is 1. The SMILES string of the molecule is COc1ccc(CN(C)C(=O)CCC(=O)c2cc(C)sc2C)cc1F. The van der Waals surface area contributed by atoms with Gasteiger partial charge in [0.05, 0.1) is 7.11 Å². The maximum atomic E-state index is 13.7. The Hall–Kier alpha value is -2.21.